The normalized spacial score (nSPS) is 11.0. The van der Waals surface area contributed by atoms with E-state index in [9.17, 15) is 4.79 Å². The number of carbonyl (C=O) groups is 1. The Balaban J connectivity index is 1.95. The molecule has 0 saturated heterocycles. The lowest BCUT2D eigenvalue weighted by molar-refractivity contribution is 0.1000. The molecule has 3 aromatic rings. The number of aromatic nitrogens is 2. The van der Waals surface area contributed by atoms with Crippen LogP contribution in [0.2, 0.25) is 0 Å². The maximum atomic E-state index is 11.4. The van der Waals surface area contributed by atoms with Crippen LogP contribution < -0.4 is 10.5 Å². The van der Waals surface area contributed by atoms with E-state index in [1.54, 1.807) is 18.3 Å². The molecule has 0 bridgehead atoms. The van der Waals surface area contributed by atoms with Gasteiger partial charge < -0.3 is 10.5 Å². The van der Waals surface area contributed by atoms with E-state index in [0.29, 0.717) is 11.3 Å². The number of thiazole rings is 1. The quantitative estimate of drug-likeness (QED) is 0.726. The molecule has 6 heteroatoms. The fourth-order valence-corrected chi connectivity index (χ4v) is 3.54. The van der Waals surface area contributed by atoms with Crippen LogP contribution >= 0.6 is 11.3 Å². The van der Waals surface area contributed by atoms with Crippen LogP contribution in [-0.4, -0.2) is 22.0 Å². The maximum Gasteiger partial charge on any atom is 0.248 e. The van der Waals surface area contributed by atoms with Crippen LogP contribution in [0.15, 0.2) is 35.8 Å². The van der Waals surface area contributed by atoms with Gasteiger partial charge in [0.25, 0.3) is 0 Å². The molecule has 0 radical (unpaired) electrons. The zero-order valence-electron chi connectivity index (χ0n) is 15.2. The van der Waals surface area contributed by atoms with Gasteiger partial charge in [0.1, 0.15) is 10.8 Å². The van der Waals surface area contributed by atoms with Crippen molar-refractivity contribution in [1.29, 1.82) is 0 Å². The summed E-state index contributed by atoms with van der Waals surface area (Å²) in [4.78, 5) is 20.3. The Morgan fingerprint density at radius 2 is 1.85 bits per heavy atom. The van der Waals surface area contributed by atoms with E-state index in [1.165, 1.54) is 11.3 Å². The third-order valence-electron chi connectivity index (χ3n) is 3.88. The van der Waals surface area contributed by atoms with Crippen molar-refractivity contribution < 1.29 is 9.53 Å². The average molecular weight is 367 g/mol. The highest BCUT2D eigenvalue weighted by Gasteiger charge is 2.13. The van der Waals surface area contributed by atoms with Gasteiger partial charge in [-0.3, -0.25) is 9.78 Å². The Morgan fingerprint density at radius 1 is 1.15 bits per heavy atom. The van der Waals surface area contributed by atoms with E-state index >= 15 is 0 Å². The van der Waals surface area contributed by atoms with Crippen molar-refractivity contribution in [3.05, 3.63) is 52.5 Å². The summed E-state index contributed by atoms with van der Waals surface area (Å²) < 4.78 is 5.91. The molecule has 0 fully saturated rings. The van der Waals surface area contributed by atoms with Gasteiger partial charge in [-0.25, -0.2) is 4.98 Å². The number of nitrogens with zero attached hydrogens (tertiary/aromatic N) is 2. The fraction of sp³-hybridized carbons (Fsp3) is 0.250. The molecule has 2 heterocycles. The summed E-state index contributed by atoms with van der Waals surface area (Å²) in [5.41, 5.74) is 10.5. The van der Waals surface area contributed by atoms with E-state index in [1.807, 2.05) is 33.1 Å². The summed E-state index contributed by atoms with van der Waals surface area (Å²) >= 11 is 1.49. The largest absolute Gasteiger partial charge is 0.490 e. The van der Waals surface area contributed by atoms with Crippen molar-refractivity contribution in [3.8, 4) is 27.7 Å². The number of ether oxygens (including phenoxy) is 1. The van der Waals surface area contributed by atoms with Crippen LogP contribution in [0.1, 0.15) is 35.3 Å². The topological polar surface area (TPSA) is 78.1 Å². The van der Waals surface area contributed by atoms with Crippen LogP contribution in [0.3, 0.4) is 0 Å². The van der Waals surface area contributed by atoms with Crippen LogP contribution in [0.4, 0.5) is 0 Å². The second-order valence-electron chi connectivity index (χ2n) is 6.44. The van der Waals surface area contributed by atoms with Crippen molar-refractivity contribution in [3.63, 3.8) is 0 Å². The van der Waals surface area contributed by atoms with Crippen molar-refractivity contribution in [2.24, 2.45) is 5.73 Å². The molecule has 0 spiro atoms. The minimum atomic E-state index is -0.475. The Morgan fingerprint density at radius 3 is 2.46 bits per heavy atom. The minimum Gasteiger partial charge on any atom is -0.490 e. The predicted molar refractivity (Wildman–Crippen MR) is 105 cm³/mol. The maximum absolute atomic E-state index is 11.4. The molecule has 1 amide bonds. The van der Waals surface area contributed by atoms with Crippen molar-refractivity contribution >= 4 is 17.2 Å². The lowest BCUT2D eigenvalue weighted by atomic mass is 10.0. The van der Waals surface area contributed by atoms with Crippen molar-refractivity contribution in [1.82, 2.24) is 9.97 Å². The van der Waals surface area contributed by atoms with Gasteiger partial charge >= 0.3 is 0 Å². The first kappa shape index (κ1) is 18.1. The van der Waals surface area contributed by atoms with E-state index in [4.69, 9.17) is 10.5 Å². The molecule has 2 N–H and O–H groups in total. The highest BCUT2D eigenvalue weighted by atomic mass is 32.1. The van der Waals surface area contributed by atoms with E-state index in [0.717, 1.165) is 33.1 Å². The molecular weight excluding hydrogens is 346 g/mol. The van der Waals surface area contributed by atoms with Gasteiger partial charge in [0, 0.05) is 22.7 Å². The zero-order valence-corrected chi connectivity index (χ0v) is 16.1. The number of hydrogen-bond acceptors (Lipinski definition) is 5. The molecule has 0 atom stereocenters. The van der Waals surface area contributed by atoms with Gasteiger partial charge in [-0.2, -0.15) is 0 Å². The van der Waals surface area contributed by atoms with Gasteiger partial charge in [0.05, 0.1) is 17.5 Å². The molecule has 26 heavy (non-hydrogen) atoms. The second kappa shape index (κ2) is 7.25. The first-order valence-corrected chi connectivity index (χ1v) is 9.23. The third-order valence-corrected chi connectivity index (χ3v) is 4.74. The number of benzene rings is 1. The molecule has 134 valence electrons. The standard InChI is InChI=1S/C20H21N3O2S/c1-11(2)25-18-12(3)7-15(8-13(18)4)17-10-26-20(23-17)16-9-14(19(21)24)5-6-22-16/h5-11H,1-4H3,(H2,21,24). The molecule has 0 aliphatic carbocycles. The Labute approximate surface area is 156 Å². The van der Waals surface area contributed by atoms with Crippen LogP contribution in [0.25, 0.3) is 22.0 Å². The summed E-state index contributed by atoms with van der Waals surface area (Å²) in [7, 11) is 0. The average Bonchev–Trinajstić information content (AvgIpc) is 3.08. The summed E-state index contributed by atoms with van der Waals surface area (Å²) in [5, 5.41) is 2.74. The molecule has 1 aromatic carbocycles. The Kier molecular flexibility index (Phi) is 5.04. The van der Waals surface area contributed by atoms with Crippen molar-refractivity contribution in [2.75, 3.05) is 0 Å². The minimum absolute atomic E-state index is 0.132. The summed E-state index contributed by atoms with van der Waals surface area (Å²) in [5.74, 6) is 0.451. The van der Waals surface area contributed by atoms with Crippen LogP contribution in [0, 0.1) is 13.8 Å². The van der Waals surface area contributed by atoms with E-state index in [-0.39, 0.29) is 6.10 Å². The van der Waals surface area contributed by atoms with E-state index < -0.39 is 5.91 Å². The number of rotatable bonds is 5. The highest BCUT2D eigenvalue weighted by Crippen LogP contribution is 2.33. The molecule has 0 aliphatic rings. The van der Waals surface area contributed by atoms with Crippen molar-refractivity contribution in [2.45, 2.75) is 33.8 Å². The molecule has 3 rings (SSSR count). The lowest BCUT2D eigenvalue weighted by Crippen LogP contribution is -2.10. The molecule has 0 unspecified atom stereocenters. The fourth-order valence-electron chi connectivity index (χ4n) is 2.74. The smallest absolute Gasteiger partial charge is 0.248 e. The number of nitrogens with two attached hydrogens (primary N) is 1. The first-order chi connectivity index (χ1) is 12.3. The lowest BCUT2D eigenvalue weighted by Gasteiger charge is -2.16. The van der Waals surface area contributed by atoms with Crippen LogP contribution in [0.5, 0.6) is 5.75 Å². The molecule has 0 saturated carbocycles. The number of amides is 1. The second-order valence-corrected chi connectivity index (χ2v) is 7.30. The van der Waals surface area contributed by atoms with Crippen LogP contribution in [-0.2, 0) is 0 Å². The van der Waals surface area contributed by atoms with Gasteiger partial charge in [-0.05, 0) is 63.1 Å². The monoisotopic (exact) mass is 367 g/mol. The Hall–Kier alpha value is -2.73. The van der Waals surface area contributed by atoms with Gasteiger partial charge in [-0.15, -0.1) is 11.3 Å². The number of hydrogen-bond donors (Lipinski definition) is 1. The zero-order chi connectivity index (χ0) is 18.8. The van der Waals surface area contributed by atoms with Gasteiger partial charge in [0.15, 0.2) is 0 Å². The van der Waals surface area contributed by atoms with E-state index in [2.05, 4.69) is 22.1 Å². The van der Waals surface area contributed by atoms with Gasteiger partial charge in [0.2, 0.25) is 5.91 Å². The summed E-state index contributed by atoms with van der Waals surface area (Å²) in [6, 6.07) is 7.43. The summed E-state index contributed by atoms with van der Waals surface area (Å²) in [6.07, 6.45) is 1.70. The highest BCUT2D eigenvalue weighted by molar-refractivity contribution is 7.13. The Bertz CT molecular complexity index is 940. The SMILES string of the molecule is Cc1cc(-c2csc(-c3cc(C(N)=O)ccn3)n2)cc(C)c1OC(C)C. The number of pyridine rings is 1. The van der Waals surface area contributed by atoms with Gasteiger partial charge in [-0.1, -0.05) is 0 Å². The first-order valence-electron chi connectivity index (χ1n) is 8.35. The molecular formula is C20H21N3O2S. The predicted octanol–water partition coefficient (Wildman–Crippen LogP) is 4.38. The number of carbonyl (C=O) groups excluding carboxylic acids is 1. The number of aryl methyl sites for hydroxylation is 2. The molecule has 0 aliphatic heterocycles. The number of primary amides is 1. The molecule has 2 aromatic heterocycles. The third kappa shape index (κ3) is 3.75. The molecule has 5 nitrogen and oxygen atoms in total. The summed E-state index contributed by atoms with van der Waals surface area (Å²) in [6.45, 7) is 8.12.